The van der Waals surface area contributed by atoms with Gasteiger partial charge in [-0.2, -0.15) is 0 Å². The topological polar surface area (TPSA) is 43.8 Å². The van der Waals surface area contributed by atoms with E-state index < -0.39 is 0 Å². The molecule has 2 N–H and O–H groups in total. The molecule has 0 saturated heterocycles. The van der Waals surface area contributed by atoms with Crippen LogP contribution in [0.3, 0.4) is 0 Å². The second-order valence-corrected chi connectivity index (χ2v) is 4.25. The fraction of sp³-hybridized carbons (Fsp3) is 0.700. The summed E-state index contributed by atoms with van der Waals surface area (Å²) in [5.74, 6) is 0.618. The second kappa shape index (κ2) is 3.81. The highest BCUT2D eigenvalue weighted by molar-refractivity contribution is 5.16. The molecule has 0 radical (unpaired) electrons. The quantitative estimate of drug-likeness (QED) is 0.774. The lowest BCUT2D eigenvalue weighted by Crippen LogP contribution is -2.14. The molecule has 0 saturated carbocycles. The van der Waals surface area contributed by atoms with Crippen LogP contribution in [0, 0.1) is 5.41 Å². The number of nitrogen functional groups attached to an aromatic ring is 1. The Kier molecular flexibility index (Phi) is 2.96. The third-order valence-corrected chi connectivity index (χ3v) is 2.73. The highest BCUT2D eigenvalue weighted by atomic mass is 15.1. The van der Waals surface area contributed by atoms with Gasteiger partial charge in [0.2, 0.25) is 0 Å². The van der Waals surface area contributed by atoms with Crippen LogP contribution in [-0.4, -0.2) is 9.55 Å². The van der Waals surface area contributed by atoms with Gasteiger partial charge in [0.1, 0.15) is 0 Å². The molecule has 0 bridgehead atoms. The van der Waals surface area contributed by atoms with Crippen LogP contribution < -0.4 is 5.73 Å². The molecule has 1 aromatic rings. The lowest BCUT2D eigenvalue weighted by Gasteiger charge is -2.22. The van der Waals surface area contributed by atoms with Crippen molar-refractivity contribution >= 4 is 5.95 Å². The molecule has 0 aliphatic carbocycles. The lowest BCUT2D eigenvalue weighted by molar-refractivity contribution is 0.302. The van der Waals surface area contributed by atoms with E-state index in [-0.39, 0.29) is 0 Å². The van der Waals surface area contributed by atoms with Crippen molar-refractivity contribution in [2.45, 2.75) is 40.2 Å². The summed E-state index contributed by atoms with van der Waals surface area (Å²) in [6, 6.07) is 0. The molecule has 0 aromatic carbocycles. The first-order chi connectivity index (χ1) is 6.05. The maximum absolute atomic E-state index is 5.66. The number of nitrogens with zero attached hydrogens (tertiary/aromatic N) is 2. The second-order valence-electron chi connectivity index (χ2n) is 4.25. The van der Waals surface area contributed by atoms with Crippen molar-refractivity contribution in [1.29, 1.82) is 0 Å². The van der Waals surface area contributed by atoms with Crippen molar-refractivity contribution in [3.63, 3.8) is 0 Å². The first-order valence-corrected chi connectivity index (χ1v) is 4.82. The molecule has 3 heteroatoms. The molecule has 74 valence electrons. The number of hydrogen-bond donors (Lipinski definition) is 1. The van der Waals surface area contributed by atoms with Gasteiger partial charge in [-0.3, -0.25) is 0 Å². The molecule has 1 heterocycles. The summed E-state index contributed by atoms with van der Waals surface area (Å²) in [4.78, 5) is 3.98. The summed E-state index contributed by atoms with van der Waals surface area (Å²) in [5.41, 5.74) is 6.06. The van der Waals surface area contributed by atoms with E-state index in [2.05, 4.69) is 25.8 Å². The number of anilines is 1. The Morgan fingerprint density at radius 1 is 1.54 bits per heavy atom. The predicted molar refractivity (Wildman–Crippen MR) is 55.3 cm³/mol. The fourth-order valence-corrected chi connectivity index (χ4v) is 1.13. The van der Waals surface area contributed by atoms with Crippen LogP contribution in [0.4, 0.5) is 5.95 Å². The number of imidazole rings is 1. The Labute approximate surface area is 80.0 Å². The van der Waals surface area contributed by atoms with E-state index in [4.69, 9.17) is 5.73 Å². The van der Waals surface area contributed by atoms with Crippen molar-refractivity contribution < 1.29 is 0 Å². The Bertz CT molecular complexity index is 263. The van der Waals surface area contributed by atoms with Crippen molar-refractivity contribution in [1.82, 2.24) is 9.55 Å². The van der Waals surface area contributed by atoms with Gasteiger partial charge in [0.05, 0.1) is 0 Å². The normalized spacial score (nSPS) is 11.9. The summed E-state index contributed by atoms with van der Waals surface area (Å²) in [5, 5.41) is 0. The first kappa shape index (κ1) is 10.1. The number of aromatic nitrogens is 2. The largest absolute Gasteiger partial charge is 0.369 e. The van der Waals surface area contributed by atoms with Gasteiger partial charge in [0, 0.05) is 18.9 Å². The first-order valence-electron chi connectivity index (χ1n) is 4.82. The molecular formula is C10H19N3. The van der Waals surface area contributed by atoms with Gasteiger partial charge < -0.3 is 10.3 Å². The Morgan fingerprint density at radius 3 is 2.69 bits per heavy atom. The SMILES string of the molecule is CCC(C)(C)CCn1ccnc1N. The molecule has 0 amide bonds. The van der Waals surface area contributed by atoms with Gasteiger partial charge in [0.25, 0.3) is 0 Å². The van der Waals surface area contributed by atoms with Crippen LogP contribution in [0.15, 0.2) is 12.4 Å². The van der Waals surface area contributed by atoms with Gasteiger partial charge in [-0.1, -0.05) is 27.2 Å². The minimum atomic E-state index is 0.400. The van der Waals surface area contributed by atoms with E-state index in [0.29, 0.717) is 11.4 Å². The zero-order chi connectivity index (χ0) is 9.90. The molecule has 0 aliphatic rings. The van der Waals surface area contributed by atoms with E-state index in [9.17, 15) is 0 Å². The standard InChI is InChI=1S/C10H19N3/c1-4-10(2,3)5-7-13-8-6-12-9(13)11/h6,8H,4-5,7H2,1-3H3,(H2,11,12). The summed E-state index contributed by atoms with van der Waals surface area (Å²) < 4.78 is 2.00. The van der Waals surface area contributed by atoms with E-state index in [1.807, 2.05) is 10.8 Å². The predicted octanol–water partition coefficient (Wildman–Crippen LogP) is 2.29. The van der Waals surface area contributed by atoms with Crippen molar-refractivity contribution in [3.05, 3.63) is 12.4 Å². The lowest BCUT2D eigenvalue weighted by atomic mass is 9.86. The Hall–Kier alpha value is -0.990. The van der Waals surface area contributed by atoms with Crippen LogP contribution in [-0.2, 0) is 6.54 Å². The molecule has 3 nitrogen and oxygen atoms in total. The molecule has 0 aliphatic heterocycles. The monoisotopic (exact) mass is 181 g/mol. The van der Waals surface area contributed by atoms with Crippen LogP contribution in [0.25, 0.3) is 0 Å². The minimum absolute atomic E-state index is 0.400. The molecule has 1 aromatic heterocycles. The van der Waals surface area contributed by atoms with E-state index in [1.165, 1.54) is 6.42 Å². The fourth-order valence-electron chi connectivity index (χ4n) is 1.13. The van der Waals surface area contributed by atoms with Crippen molar-refractivity contribution in [3.8, 4) is 0 Å². The number of rotatable bonds is 4. The average molecular weight is 181 g/mol. The van der Waals surface area contributed by atoms with Crippen molar-refractivity contribution in [2.75, 3.05) is 5.73 Å². The average Bonchev–Trinajstić information content (AvgIpc) is 2.48. The summed E-state index contributed by atoms with van der Waals surface area (Å²) in [7, 11) is 0. The number of aryl methyl sites for hydroxylation is 1. The van der Waals surface area contributed by atoms with Gasteiger partial charge >= 0.3 is 0 Å². The zero-order valence-electron chi connectivity index (χ0n) is 8.75. The summed E-state index contributed by atoms with van der Waals surface area (Å²) >= 11 is 0. The third-order valence-electron chi connectivity index (χ3n) is 2.73. The Balaban J connectivity index is 2.48. The summed E-state index contributed by atoms with van der Waals surface area (Å²) in [6.07, 6.45) is 6.01. The van der Waals surface area contributed by atoms with Crippen LogP contribution in [0.5, 0.6) is 0 Å². The van der Waals surface area contributed by atoms with E-state index >= 15 is 0 Å². The molecule has 0 fully saturated rings. The highest BCUT2D eigenvalue weighted by Gasteiger charge is 2.14. The van der Waals surface area contributed by atoms with Crippen LogP contribution in [0.2, 0.25) is 0 Å². The van der Waals surface area contributed by atoms with Gasteiger partial charge in [-0.15, -0.1) is 0 Å². The van der Waals surface area contributed by atoms with Crippen LogP contribution >= 0.6 is 0 Å². The Morgan fingerprint density at radius 2 is 2.23 bits per heavy atom. The number of hydrogen-bond acceptors (Lipinski definition) is 2. The molecular weight excluding hydrogens is 162 g/mol. The van der Waals surface area contributed by atoms with Crippen molar-refractivity contribution in [2.24, 2.45) is 5.41 Å². The van der Waals surface area contributed by atoms with Gasteiger partial charge in [0.15, 0.2) is 5.95 Å². The molecule has 0 atom stereocenters. The molecule has 1 rings (SSSR count). The smallest absolute Gasteiger partial charge is 0.200 e. The summed E-state index contributed by atoms with van der Waals surface area (Å²) in [6.45, 7) is 7.74. The molecule has 0 spiro atoms. The minimum Gasteiger partial charge on any atom is -0.369 e. The van der Waals surface area contributed by atoms with E-state index in [0.717, 1.165) is 13.0 Å². The van der Waals surface area contributed by atoms with E-state index in [1.54, 1.807) is 6.20 Å². The maximum Gasteiger partial charge on any atom is 0.200 e. The number of nitrogens with two attached hydrogens (primary N) is 1. The molecule has 13 heavy (non-hydrogen) atoms. The van der Waals surface area contributed by atoms with Gasteiger partial charge in [-0.05, 0) is 11.8 Å². The zero-order valence-corrected chi connectivity index (χ0v) is 8.75. The van der Waals surface area contributed by atoms with Gasteiger partial charge in [-0.25, -0.2) is 4.98 Å². The highest BCUT2D eigenvalue weighted by Crippen LogP contribution is 2.25. The third kappa shape index (κ3) is 2.76. The molecule has 0 unspecified atom stereocenters. The van der Waals surface area contributed by atoms with Crippen LogP contribution in [0.1, 0.15) is 33.6 Å². The maximum atomic E-state index is 5.66.